The predicted octanol–water partition coefficient (Wildman–Crippen LogP) is 7.81. The normalized spacial score (nSPS) is 12.4. The molecule has 226 valence electrons. The van der Waals surface area contributed by atoms with Gasteiger partial charge < -0.3 is 20.7 Å². The van der Waals surface area contributed by atoms with Crippen molar-refractivity contribution in [2.45, 2.75) is 38.7 Å². The molecular formula is C29H26F6N6O2. The summed E-state index contributed by atoms with van der Waals surface area (Å²) in [5, 5.41) is 8.40. The van der Waals surface area contributed by atoms with Crippen LogP contribution in [0.3, 0.4) is 0 Å². The highest BCUT2D eigenvalue weighted by atomic mass is 19.4. The van der Waals surface area contributed by atoms with Crippen LogP contribution in [0.15, 0.2) is 72.8 Å². The quantitative estimate of drug-likeness (QED) is 0.125. The van der Waals surface area contributed by atoms with Crippen molar-refractivity contribution < 1.29 is 35.9 Å². The lowest BCUT2D eigenvalue weighted by Crippen LogP contribution is -2.19. The number of halogens is 6. The summed E-state index contributed by atoms with van der Waals surface area (Å²) in [7, 11) is 0. The first-order valence-corrected chi connectivity index (χ1v) is 12.9. The molecule has 0 aliphatic carbocycles. The lowest BCUT2D eigenvalue weighted by Gasteiger charge is -2.20. The maximum Gasteiger partial charge on any atom is 0.416 e. The van der Waals surface area contributed by atoms with Gasteiger partial charge in [0, 0.05) is 11.4 Å². The summed E-state index contributed by atoms with van der Waals surface area (Å²) in [6.07, 6.45) is -9.34. The number of benzene rings is 3. The van der Waals surface area contributed by atoms with Gasteiger partial charge in [-0.3, -0.25) is 4.79 Å². The molecule has 4 rings (SSSR count). The van der Waals surface area contributed by atoms with Crippen molar-refractivity contribution in [2.24, 2.45) is 0 Å². The van der Waals surface area contributed by atoms with E-state index in [4.69, 9.17) is 4.74 Å². The van der Waals surface area contributed by atoms with E-state index in [-0.39, 0.29) is 42.2 Å². The third-order valence-corrected chi connectivity index (χ3v) is 5.99. The van der Waals surface area contributed by atoms with E-state index in [1.165, 1.54) is 24.3 Å². The Bertz CT molecular complexity index is 1480. The zero-order chi connectivity index (χ0) is 31.2. The lowest BCUT2D eigenvalue weighted by molar-refractivity contribution is -0.143. The van der Waals surface area contributed by atoms with Gasteiger partial charge in [0.05, 0.1) is 30.2 Å². The van der Waals surface area contributed by atoms with Gasteiger partial charge >= 0.3 is 18.3 Å². The number of nitrogens with one attached hydrogen (secondary N) is 3. The number of hydrogen-bond donors (Lipinski definition) is 3. The van der Waals surface area contributed by atoms with Gasteiger partial charge in [0.25, 0.3) is 0 Å². The van der Waals surface area contributed by atoms with Crippen LogP contribution >= 0.6 is 0 Å². The Morgan fingerprint density at radius 1 is 0.767 bits per heavy atom. The van der Waals surface area contributed by atoms with Crippen LogP contribution in [0, 0.1) is 6.92 Å². The zero-order valence-electron chi connectivity index (χ0n) is 22.8. The molecule has 0 saturated heterocycles. The molecule has 0 aliphatic heterocycles. The Hall–Kier alpha value is -4.88. The topological polar surface area (TPSA) is 101 Å². The molecule has 0 fully saturated rings. The number of alkyl halides is 6. The van der Waals surface area contributed by atoms with Crippen molar-refractivity contribution >= 4 is 35.2 Å². The summed E-state index contributed by atoms with van der Waals surface area (Å²) in [4.78, 5) is 25.1. The fourth-order valence-electron chi connectivity index (χ4n) is 3.95. The van der Waals surface area contributed by atoms with Crippen LogP contribution in [-0.4, -0.2) is 27.5 Å². The molecule has 3 aromatic carbocycles. The van der Waals surface area contributed by atoms with Crippen LogP contribution in [-0.2, 0) is 21.9 Å². The van der Waals surface area contributed by atoms with Crippen LogP contribution in [0.4, 0.5) is 55.6 Å². The minimum absolute atomic E-state index is 0.00129. The number of carbonyl (C=O) groups excluding carboxylic acids is 1. The SMILES string of the molecule is CCOC(=O)CC(Nc1nc(Nc2cccc(C(F)(F)F)c2)nc(Nc2cccc(C(F)(F)F)c2)n1)c1ccc(C)cc1. The number of carbonyl (C=O) groups is 1. The van der Waals surface area contributed by atoms with Crippen LogP contribution in [0.1, 0.15) is 41.6 Å². The van der Waals surface area contributed by atoms with E-state index < -0.39 is 35.5 Å². The number of nitrogens with zero attached hydrogens (tertiary/aromatic N) is 3. The summed E-state index contributed by atoms with van der Waals surface area (Å²) in [5.74, 6) is -1.07. The molecule has 1 aromatic heterocycles. The molecule has 0 radical (unpaired) electrons. The molecule has 3 N–H and O–H groups in total. The number of aryl methyl sites for hydroxylation is 1. The van der Waals surface area contributed by atoms with Crippen LogP contribution in [0.5, 0.6) is 0 Å². The Kier molecular flexibility index (Phi) is 9.37. The van der Waals surface area contributed by atoms with E-state index in [9.17, 15) is 31.1 Å². The molecule has 8 nitrogen and oxygen atoms in total. The van der Waals surface area contributed by atoms with Crippen molar-refractivity contribution in [3.8, 4) is 0 Å². The third-order valence-electron chi connectivity index (χ3n) is 5.99. The number of aromatic nitrogens is 3. The number of esters is 1. The van der Waals surface area contributed by atoms with E-state index >= 15 is 0 Å². The van der Waals surface area contributed by atoms with Crippen LogP contribution in [0.25, 0.3) is 0 Å². The molecule has 14 heteroatoms. The average molecular weight is 605 g/mol. The second-order valence-electron chi connectivity index (χ2n) is 9.33. The largest absolute Gasteiger partial charge is 0.466 e. The summed E-state index contributed by atoms with van der Waals surface area (Å²) >= 11 is 0. The molecule has 0 saturated carbocycles. The van der Waals surface area contributed by atoms with Gasteiger partial charge in [-0.1, -0.05) is 42.0 Å². The summed E-state index contributed by atoms with van der Waals surface area (Å²) in [6, 6.07) is 15.2. The number of hydrogen-bond acceptors (Lipinski definition) is 8. The smallest absolute Gasteiger partial charge is 0.416 e. The van der Waals surface area contributed by atoms with Crippen LogP contribution < -0.4 is 16.0 Å². The Morgan fingerprint density at radius 2 is 1.26 bits per heavy atom. The summed E-state index contributed by atoms with van der Waals surface area (Å²) in [5.41, 5.74) is -0.183. The Balaban J connectivity index is 1.72. The highest BCUT2D eigenvalue weighted by Gasteiger charge is 2.31. The molecule has 1 unspecified atom stereocenters. The standard InChI is InChI=1S/C29H26F6N6O2/c1-3-43-24(42)16-23(18-12-10-17(2)11-13-18)38-27-40-25(36-21-8-4-6-19(14-21)28(30,31)32)39-26(41-27)37-22-9-5-7-20(15-22)29(33,34)35/h4-15,23H,3,16H2,1-2H3,(H3,36,37,38,39,40,41). The molecule has 0 amide bonds. The minimum atomic E-state index is -4.60. The lowest BCUT2D eigenvalue weighted by atomic mass is 10.0. The zero-order valence-corrected chi connectivity index (χ0v) is 22.8. The van der Waals surface area contributed by atoms with Gasteiger partial charge in [0.2, 0.25) is 17.8 Å². The first-order valence-electron chi connectivity index (χ1n) is 12.9. The second kappa shape index (κ2) is 13.0. The highest BCUT2D eigenvalue weighted by Crippen LogP contribution is 2.33. The molecule has 4 aromatic rings. The highest BCUT2D eigenvalue weighted by molar-refractivity contribution is 5.71. The number of anilines is 5. The van der Waals surface area contributed by atoms with Crippen LogP contribution in [0.2, 0.25) is 0 Å². The monoisotopic (exact) mass is 604 g/mol. The maximum absolute atomic E-state index is 13.3. The Morgan fingerprint density at radius 3 is 1.72 bits per heavy atom. The van der Waals surface area contributed by atoms with Crippen molar-refractivity contribution in [2.75, 3.05) is 22.6 Å². The van der Waals surface area contributed by atoms with Crippen molar-refractivity contribution in [1.29, 1.82) is 0 Å². The summed E-state index contributed by atoms with van der Waals surface area (Å²) < 4.78 is 84.8. The van der Waals surface area contributed by atoms with E-state index in [0.717, 1.165) is 29.8 Å². The van der Waals surface area contributed by atoms with E-state index in [1.807, 2.05) is 19.1 Å². The molecule has 0 aliphatic rings. The Labute approximate surface area is 242 Å². The third kappa shape index (κ3) is 8.80. The van der Waals surface area contributed by atoms with E-state index in [0.29, 0.717) is 5.56 Å². The maximum atomic E-state index is 13.3. The molecule has 1 atom stereocenters. The van der Waals surface area contributed by atoms with E-state index in [2.05, 4.69) is 30.9 Å². The number of ether oxygens (including phenoxy) is 1. The predicted molar refractivity (Wildman–Crippen MR) is 148 cm³/mol. The van der Waals surface area contributed by atoms with Gasteiger partial charge in [0.15, 0.2) is 0 Å². The summed E-state index contributed by atoms with van der Waals surface area (Å²) in [6.45, 7) is 3.71. The second-order valence-corrected chi connectivity index (χ2v) is 9.33. The fourth-order valence-corrected chi connectivity index (χ4v) is 3.95. The average Bonchev–Trinajstić information content (AvgIpc) is 2.92. The van der Waals surface area contributed by atoms with Crippen molar-refractivity contribution in [3.63, 3.8) is 0 Å². The van der Waals surface area contributed by atoms with Gasteiger partial charge in [-0.25, -0.2) is 0 Å². The van der Waals surface area contributed by atoms with Gasteiger partial charge in [0.1, 0.15) is 0 Å². The number of rotatable bonds is 10. The van der Waals surface area contributed by atoms with Crippen molar-refractivity contribution in [3.05, 3.63) is 95.1 Å². The van der Waals surface area contributed by atoms with E-state index in [1.54, 1.807) is 19.1 Å². The fraction of sp³-hybridized carbons (Fsp3) is 0.241. The first-order chi connectivity index (χ1) is 20.3. The van der Waals surface area contributed by atoms with Gasteiger partial charge in [-0.15, -0.1) is 0 Å². The molecular weight excluding hydrogens is 578 g/mol. The van der Waals surface area contributed by atoms with Gasteiger partial charge in [-0.05, 0) is 55.8 Å². The molecule has 43 heavy (non-hydrogen) atoms. The minimum Gasteiger partial charge on any atom is -0.466 e. The first kappa shape index (κ1) is 31.1. The van der Waals surface area contributed by atoms with Gasteiger partial charge in [-0.2, -0.15) is 41.3 Å². The molecule has 0 bridgehead atoms. The van der Waals surface area contributed by atoms with Crippen molar-refractivity contribution in [1.82, 2.24) is 15.0 Å². The molecule has 1 heterocycles. The molecule has 0 spiro atoms.